The summed E-state index contributed by atoms with van der Waals surface area (Å²) in [6.45, 7) is 1.87. The highest BCUT2D eigenvalue weighted by Gasteiger charge is 2.21. The highest BCUT2D eigenvalue weighted by molar-refractivity contribution is 7.14. The Hall–Kier alpha value is -4.24. The van der Waals surface area contributed by atoms with Crippen LogP contribution < -0.4 is 5.32 Å². The Balaban J connectivity index is 1.38. The van der Waals surface area contributed by atoms with E-state index in [0.29, 0.717) is 33.2 Å². The molecule has 5 heterocycles. The first-order valence-corrected chi connectivity index (χ1v) is 11.2. The number of H-pyrrole nitrogens is 1. The van der Waals surface area contributed by atoms with Crippen molar-refractivity contribution in [1.29, 1.82) is 0 Å². The Morgan fingerprint density at radius 3 is 2.88 bits per heavy atom. The van der Waals surface area contributed by atoms with Crippen LogP contribution in [0.5, 0.6) is 0 Å². The number of thiazole rings is 1. The highest BCUT2D eigenvalue weighted by atomic mass is 32.1. The Morgan fingerprint density at radius 1 is 1.15 bits per heavy atom. The van der Waals surface area contributed by atoms with Gasteiger partial charge in [-0.3, -0.25) is 14.8 Å². The van der Waals surface area contributed by atoms with Crippen LogP contribution in [0.3, 0.4) is 0 Å². The molecule has 9 heteroatoms. The molecule has 0 saturated carbocycles. The first-order valence-electron chi connectivity index (χ1n) is 10.3. The van der Waals surface area contributed by atoms with Gasteiger partial charge in [0.05, 0.1) is 28.6 Å². The van der Waals surface area contributed by atoms with Crippen molar-refractivity contribution in [3.05, 3.63) is 71.6 Å². The fraction of sp³-hybridized carbons (Fsp3) is 0.0833. The lowest BCUT2D eigenvalue weighted by atomic mass is 10.1. The standard InChI is InChI=1S/C24H18N6O2S/c1-13-21-15(10-18(20-8-5-9-32-20)26-22(21)30(2)29-13)23(31)28-24-27-19(12-33-24)16-11-25-17-7-4-3-6-14(16)17/h3-12,25H,1-2H3,(H,27,28,31). The van der Waals surface area contributed by atoms with Crippen LogP contribution in [0.25, 0.3) is 44.6 Å². The van der Waals surface area contributed by atoms with Crippen LogP contribution in [-0.4, -0.2) is 30.6 Å². The molecule has 0 bridgehead atoms. The number of pyridine rings is 1. The number of carbonyl (C=O) groups is 1. The van der Waals surface area contributed by atoms with Crippen molar-refractivity contribution < 1.29 is 9.21 Å². The van der Waals surface area contributed by atoms with E-state index >= 15 is 0 Å². The number of amides is 1. The Bertz CT molecular complexity index is 1640. The number of nitrogens with one attached hydrogen (secondary N) is 2. The number of nitrogens with zero attached hydrogens (tertiary/aromatic N) is 4. The minimum absolute atomic E-state index is 0.272. The monoisotopic (exact) mass is 454 g/mol. The largest absolute Gasteiger partial charge is 0.463 e. The predicted octanol–water partition coefficient (Wildman–Crippen LogP) is 5.39. The average molecular weight is 455 g/mol. The van der Waals surface area contributed by atoms with Crippen molar-refractivity contribution >= 4 is 44.3 Å². The van der Waals surface area contributed by atoms with Crippen molar-refractivity contribution in [3.8, 4) is 22.7 Å². The molecule has 0 spiro atoms. The lowest BCUT2D eigenvalue weighted by Crippen LogP contribution is -2.13. The molecule has 0 fully saturated rings. The van der Waals surface area contributed by atoms with Crippen LogP contribution in [0.2, 0.25) is 0 Å². The Labute approximate surface area is 191 Å². The number of aromatic nitrogens is 5. The van der Waals surface area contributed by atoms with Crippen LogP contribution in [-0.2, 0) is 7.05 Å². The molecule has 2 N–H and O–H groups in total. The van der Waals surface area contributed by atoms with Gasteiger partial charge in [-0.2, -0.15) is 5.10 Å². The average Bonchev–Trinajstić information content (AvgIpc) is 3.61. The topological polar surface area (TPSA) is 102 Å². The fourth-order valence-electron chi connectivity index (χ4n) is 4.08. The van der Waals surface area contributed by atoms with E-state index in [1.165, 1.54) is 11.3 Å². The number of furan rings is 1. The quantitative estimate of drug-likeness (QED) is 0.372. The van der Waals surface area contributed by atoms with Gasteiger partial charge in [-0.1, -0.05) is 18.2 Å². The number of rotatable bonds is 4. The maximum absolute atomic E-state index is 13.4. The van der Waals surface area contributed by atoms with Gasteiger partial charge in [0.1, 0.15) is 5.69 Å². The smallest absolute Gasteiger partial charge is 0.258 e. The second-order valence-corrected chi connectivity index (χ2v) is 8.54. The number of para-hydroxylation sites is 1. The Kier molecular flexibility index (Phi) is 4.37. The maximum atomic E-state index is 13.4. The van der Waals surface area contributed by atoms with Crippen LogP contribution in [0.15, 0.2) is 64.7 Å². The minimum atomic E-state index is -0.272. The maximum Gasteiger partial charge on any atom is 0.258 e. The zero-order chi connectivity index (χ0) is 22.5. The van der Waals surface area contributed by atoms with Gasteiger partial charge < -0.3 is 9.40 Å². The molecule has 0 aliphatic carbocycles. The molecule has 6 rings (SSSR count). The van der Waals surface area contributed by atoms with E-state index in [-0.39, 0.29) is 5.91 Å². The summed E-state index contributed by atoms with van der Waals surface area (Å²) in [6, 6.07) is 13.4. The first-order chi connectivity index (χ1) is 16.1. The molecule has 6 aromatic rings. The van der Waals surface area contributed by atoms with Crippen LogP contribution in [0.1, 0.15) is 16.1 Å². The number of hydrogen-bond acceptors (Lipinski definition) is 6. The summed E-state index contributed by atoms with van der Waals surface area (Å²) in [5, 5.41) is 11.7. The molecule has 0 atom stereocenters. The van der Waals surface area contributed by atoms with E-state index in [9.17, 15) is 4.79 Å². The molecule has 0 aliphatic heterocycles. The normalized spacial score (nSPS) is 11.5. The number of aryl methyl sites for hydroxylation is 2. The minimum Gasteiger partial charge on any atom is -0.463 e. The fourth-order valence-corrected chi connectivity index (χ4v) is 4.78. The van der Waals surface area contributed by atoms with E-state index < -0.39 is 0 Å². The lowest BCUT2D eigenvalue weighted by Gasteiger charge is -2.07. The molecule has 0 radical (unpaired) electrons. The number of carbonyl (C=O) groups excluding carboxylic acids is 1. The van der Waals surface area contributed by atoms with E-state index in [0.717, 1.165) is 27.9 Å². The summed E-state index contributed by atoms with van der Waals surface area (Å²) in [7, 11) is 1.81. The van der Waals surface area contributed by atoms with Gasteiger partial charge in [-0.15, -0.1) is 11.3 Å². The molecule has 162 valence electrons. The SMILES string of the molecule is Cc1nn(C)c2nc(-c3ccco3)cc(C(=O)Nc3nc(-c4c[nH]c5ccccc45)cs3)c12. The van der Waals surface area contributed by atoms with Crippen molar-refractivity contribution in [2.24, 2.45) is 7.05 Å². The van der Waals surface area contributed by atoms with Crippen LogP contribution in [0.4, 0.5) is 5.13 Å². The van der Waals surface area contributed by atoms with Gasteiger partial charge >= 0.3 is 0 Å². The first kappa shape index (κ1) is 19.4. The molecule has 33 heavy (non-hydrogen) atoms. The summed E-state index contributed by atoms with van der Waals surface area (Å²) in [5.74, 6) is 0.312. The van der Waals surface area contributed by atoms with E-state index in [4.69, 9.17) is 4.42 Å². The molecule has 1 aromatic carbocycles. The lowest BCUT2D eigenvalue weighted by molar-refractivity contribution is 0.102. The number of benzene rings is 1. The zero-order valence-electron chi connectivity index (χ0n) is 17.8. The van der Waals surface area contributed by atoms with Gasteiger partial charge in [-0.25, -0.2) is 9.97 Å². The van der Waals surface area contributed by atoms with Gasteiger partial charge in [0.2, 0.25) is 0 Å². The molecule has 0 saturated heterocycles. The number of fused-ring (bicyclic) bond motifs is 2. The summed E-state index contributed by atoms with van der Waals surface area (Å²) in [4.78, 5) is 26.0. The molecule has 1 amide bonds. The summed E-state index contributed by atoms with van der Waals surface area (Å²) < 4.78 is 7.18. The second-order valence-electron chi connectivity index (χ2n) is 7.68. The molecule has 0 unspecified atom stereocenters. The van der Waals surface area contributed by atoms with Gasteiger partial charge in [0.25, 0.3) is 5.91 Å². The predicted molar refractivity (Wildman–Crippen MR) is 128 cm³/mol. The van der Waals surface area contributed by atoms with Crippen molar-refractivity contribution in [1.82, 2.24) is 24.7 Å². The number of aromatic amines is 1. The number of anilines is 1. The molecular formula is C24H18N6O2S. The third-order valence-electron chi connectivity index (χ3n) is 5.58. The van der Waals surface area contributed by atoms with E-state index in [2.05, 4.69) is 25.4 Å². The summed E-state index contributed by atoms with van der Waals surface area (Å²) in [6.07, 6.45) is 3.52. The summed E-state index contributed by atoms with van der Waals surface area (Å²) >= 11 is 1.38. The highest BCUT2D eigenvalue weighted by Crippen LogP contribution is 2.32. The van der Waals surface area contributed by atoms with Crippen LogP contribution >= 0.6 is 11.3 Å². The van der Waals surface area contributed by atoms with E-state index in [1.807, 2.05) is 55.9 Å². The van der Waals surface area contributed by atoms with Crippen molar-refractivity contribution in [2.75, 3.05) is 5.32 Å². The summed E-state index contributed by atoms with van der Waals surface area (Å²) in [5.41, 5.74) is 5.24. The molecule has 5 aromatic heterocycles. The molecule has 0 aliphatic rings. The molecule has 8 nitrogen and oxygen atoms in total. The van der Waals surface area contributed by atoms with Gasteiger partial charge in [-0.05, 0) is 31.2 Å². The zero-order valence-corrected chi connectivity index (χ0v) is 18.6. The van der Waals surface area contributed by atoms with Gasteiger partial charge in [0, 0.05) is 35.1 Å². The van der Waals surface area contributed by atoms with Gasteiger partial charge in [0.15, 0.2) is 16.5 Å². The third kappa shape index (κ3) is 3.21. The molecular weight excluding hydrogens is 436 g/mol. The second kappa shape index (κ2) is 7.42. The Morgan fingerprint density at radius 2 is 2.03 bits per heavy atom. The number of hydrogen-bond donors (Lipinski definition) is 2. The van der Waals surface area contributed by atoms with Crippen molar-refractivity contribution in [2.45, 2.75) is 6.92 Å². The third-order valence-corrected chi connectivity index (χ3v) is 6.33. The van der Waals surface area contributed by atoms with E-state index in [1.54, 1.807) is 23.1 Å². The van der Waals surface area contributed by atoms with Crippen molar-refractivity contribution in [3.63, 3.8) is 0 Å². The van der Waals surface area contributed by atoms with Crippen LogP contribution in [0, 0.1) is 6.92 Å².